The van der Waals surface area contributed by atoms with E-state index in [1.54, 1.807) is 0 Å². The minimum absolute atomic E-state index is 0.853. The Bertz CT molecular complexity index is 404. The molecule has 0 aliphatic heterocycles. The summed E-state index contributed by atoms with van der Waals surface area (Å²) in [5.41, 5.74) is 12.7. The summed E-state index contributed by atoms with van der Waals surface area (Å²) in [4.78, 5) is 0. The van der Waals surface area contributed by atoms with E-state index in [0.717, 1.165) is 35.2 Å². The van der Waals surface area contributed by atoms with Gasteiger partial charge in [0.1, 0.15) is 0 Å². The smallest absolute Gasteiger partial charge is 0.0352 e. The van der Waals surface area contributed by atoms with E-state index in [9.17, 15) is 0 Å². The average Bonchev–Trinajstić information content (AvgIpc) is 2.21. The number of hydrogen-bond acceptors (Lipinski definition) is 1. The summed E-state index contributed by atoms with van der Waals surface area (Å²) in [5, 5.41) is 0. The molecule has 0 saturated carbocycles. The third kappa shape index (κ3) is 2.99. The van der Waals surface area contributed by atoms with Gasteiger partial charge in [-0.3, -0.25) is 0 Å². The molecule has 1 nitrogen and oxygen atoms in total. The highest BCUT2D eigenvalue weighted by Crippen LogP contribution is 2.25. The molecule has 0 atom stereocenters. The molecule has 2 N–H and O–H groups in total. The monoisotopic (exact) mass is 215 g/mol. The third-order valence-electron chi connectivity index (χ3n) is 2.97. The first kappa shape index (κ1) is 12.6. The van der Waals surface area contributed by atoms with Gasteiger partial charge in [0, 0.05) is 5.69 Å². The molecule has 0 heterocycles. The van der Waals surface area contributed by atoms with Gasteiger partial charge >= 0.3 is 0 Å². The van der Waals surface area contributed by atoms with E-state index in [1.165, 1.54) is 11.1 Å². The normalized spacial score (nSPS) is 10.2. The van der Waals surface area contributed by atoms with Crippen molar-refractivity contribution in [2.24, 2.45) is 0 Å². The van der Waals surface area contributed by atoms with Gasteiger partial charge in [-0.05, 0) is 61.9 Å². The minimum atomic E-state index is 0.853. The van der Waals surface area contributed by atoms with Crippen LogP contribution in [0.25, 0.3) is 5.57 Å². The lowest BCUT2D eigenvalue weighted by Gasteiger charge is -2.11. The molecule has 1 heteroatoms. The number of nitrogens with two attached hydrogens (primary N) is 1. The molecule has 16 heavy (non-hydrogen) atoms. The van der Waals surface area contributed by atoms with Crippen LogP contribution in [-0.4, -0.2) is 0 Å². The van der Waals surface area contributed by atoms with Gasteiger partial charge in [0.15, 0.2) is 0 Å². The van der Waals surface area contributed by atoms with Crippen LogP contribution < -0.4 is 5.73 Å². The van der Waals surface area contributed by atoms with Crippen molar-refractivity contribution in [1.82, 2.24) is 0 Å². The molecule has 0 bridgehead atoms. The van der Waals surface area contributed by atoms with Gasteiger partial charge in [-0.1, -0.05) is 18.2 Å². The first-order chi connectivity index (χ1) is 7.41. The van der Waals surface area contributed by atoms with Crippen LogP contribution in [0.2, 0.25) is 0 Å². The van der Waals surface area contributed by atoms with Gasteiger partial charge in [0.05, 0.1) is 0 Å². The van der Waals surface area contributed by atoms with Crippen molar-refractivity contribution < 1.29 is 0 Å². The van der Waals surface area contributed by atoms with Crippen molar-refractivity contribution in [2.45, 2.75) is 33.6 Å². The summed E-state index contributed by atoms with van der Waals surface area (Å²) in [5.74, 6) is 0. The minimum Gasteiger partial charge on any atom is -0.398 e. The Labute approximate surface area is 98.7 Å². The van der Waals surface area contributed by atoms with E-state index >= 15 is 0 Å². The number of hydrogen-bond donors (Lipinski definition) is 1. The van der Waals surface area contributed by atoms with Crippen molar-refractivity contribution in [3.8, 4) is 0 Å². The molecule has 0 saturated heterocycles. The second kappa shape index (κ2) is 5.02. The molecular weight excluding hydrogens is 194 g/mol. The van der Waals surface area contributed by atoms with Gasteiger partial charge < -0.3 is 5.73 Å². The maximum Gasteiger partial charge on any atom is 0.0352 e. The van der Waals surface area contributed by atoms with Crippen molar-refractivity contribution in [3.05, 3.63) is 47.6 Å². The quantitative estimate of drug-likeness (QED) is 0.589. The van der Waals surface area contributed by atoms with Crippen LogP contribution >= 0.6 is 0 Å². The molecule has 1 rings (SSSR count). The summed E-state index contributed by atoms with van der Waals surface area (Å²) in [6, 6.07) is 4.18. The molecule has 0 unspecified atom stereocenters. The highest BCUT2D eigenvalue weighted by molar-refractivity contribution is 5.69. The molecular formula is C15H21N. The summed E-state index contributed by atoms with van der Waals surface area (Å²) in [6.45, 7) is 14.2. The number of nitrogen functional groups attached to an aromatic ring is 1. The molecule has 1 aromatic carbocycles. The van der Waals surface area contributed by atoms with Crippen LogP contribution in [0, 0.1) is 13.8 Å². The number of rotatable bonds is 4. The molecule has 86 valence electrons. The fourth-order valence-electron chi connectivity index (χ4n) is 1.60. The van der Waals surface area contributed by atoms with Crippen LogP contribution in [0.15, 0.2) is 30.9 Å². The average molecular weight is 215 g/mol. The molecule has 0 fully saturated rings. The summed E-state index contributed by atoms with van der Waals surface area (Å²) in [6.07, 6.45) is 1.95. The van der Waals surface area contributed by atoms with Crippen LogP contribution in [0.4, 0.5) is 5.69 Å². The van der Waals surface area contributed by atoms with E-state index in [1.807, 2.05) is 19.9 Å². The second-order valence-corrected chi connectivity index (χ2v) is 4.57. The SMILES string of the molecule is C=C(C)CCC(=C)c1cc(C)c(C)c(N)c1. The number of anilines is 1. The predicted octanol–water partition coefficient (Wildman–Crippen LogP) is 4.26. The molecule has 0 aliphatic carbocycles. The number of aryl methyl sites for hydroxylation is 1. The van der Waals surface area contributed by atoms with E-state index in [-0.39, 0.29) is 0 Å². The Morgan fingerprint density at radius 2 is 1.81 bits per heavy atom. The van der Waals surface area contributed by atoms with Crippen LogP contribution in [0.1, 0.15) is 36.5 Å². The fraction of sp³-hybridized carbons (Fsp3) is 0.333. The Hall–Kier alpha value is -1.50. The molecule has 1 aromatic rings. The predicted molar refractivity (Wildman–Crippen MR) is 73.4 cm³/mol. The van der Waals surface area contributed by atoms with Crippen molar-refractivity contribution in [2.75, 3.05) is 5.73 Å². The Kier molecular flexibility index (Phi) is 3.94. The molecule has 0 spiro atoms. The highest BCUT2D eigenvalue weighted by atomic mass is 14.6. The van der Waals surface area contributed by atoms with E-state index in [4.69, 9.17) is 5.73 Å². The molecule has 0 amide bonds. The lowest BCUT2D eigenvalue weighted by molar-refractivity contribution is 0.999. The van der Waals surface area contributed by atoms with Crippen LogP contribution in [0.3, 0.4) is 0 Å². The Balaban J connectivity index is 2.88. The van der Waals surface area contributed by atoms with Gasteiger partial charge in [0.2, 0.25) is 0 Å². The lowest BCUT2D eigenvalue weighted by atomic mass is 9.96. The van der Waals surface area contributed by atoms with E-state index < -0.39 is 0 Å². The summed E-state index contributed by atoms with van der Waals surface area (Å²) in [7, 11) is 0. The Morgan fingerprint density at radius 1 is 1.19 bits per heavy atom. The zero-order valence-electron chi connectivity index (χ0n) is 10.6. The van der Waals surface area contributed by atoms with Crippen LogP contribution in [-0.2, 0) is 0 Å². The molecule has 0 aliphatic rings. The lowest BCUT2D eigenvalue weighted by Crippen LogP contribution is -1.95. The zero-order chi connectivity index (χ0) is 12.3. The summed E-state index contributed by atoms with van der Waals surface area (Å²) >= 11 is 0. The number of allylic oxidation sites excluding steroid dienone is 2. The van der Waals surface area contributed by atoms with Gasteiger partial charge in [-0.15, -0.1) is 6.58 Å². The topological polar surface area (TPSA) is 26.0 Å². The summed E-state index contributed by atoms with van der Waals surface area (Å²) < 4.78 is 0. The van der Waals surface area contributed by atoms with Gasteiger partial charge in [-0.2, -0.15) is 0 Å². The first-order valence-electron chi connectivity index (χ1n) is 5.61. The third-order valence-corrected chi connectivity index (χ3v) is 2.97. The van der Waals surface area contributed by atoms with Crippen molar-refractivity contribution >= 4 is 11.3 Å². The molecule has 0 aromatic heterocycles. The maximum absolute atomic E-state index is 5.96. The second-order valence-electron chi connectivity index (χ2n) is 4.57. The van der Waals surface area contributed by atoms with Crippen LogP contribution in [0.5, 0.6) is 0 Å². The fourth-order valence-corrected chi connectivity index (χ4v) is 1.60. The van der Waals surface area contributed by atoms with E-state index in [2.05, 4.69) is 26.1 Å². The Morgan fingerprint density at radius 3 is 2.31 bits per heavy atom. The zero-order valence-corrected chi connectivity index (χ0v) is 10.6. The maximum atomic E-state index is 5.96. The largest absolute Gasteiger partial charge is 0.398 e. The van der Waals surface area contributed by atoms with Crippen molar-refractivity contribution in [1.29, 1.82) is 0 Å². The number of benzene rings is 1. The molecule has 0 radical (unpaired) electrons. The van der Waals surface area contributed by atoms with Gasteiger partial charge in [-0.25, -0.2) is 0 Å². The van der Waals surface area contributed by atoms with E-state index in [0.29, 0.717) is 0 Å². The highest BCUT2D eigenvalue weighted by Gasteiger charge is 2.04. The standard InChI is InChI=1S/C15H21N/c1-10(2)6-7-11(3)14-8-12(4)13(5)15(16)9-14/h8-9H,1,3,6-7,16H2,2,4-5H3. The first-order valence-corrected chi connectivity index (χ1v) is 5.61. The van der Waals surface area contributed by atoms with Crippen molar-refractivity contribution in [3.63, 3.8) is 0 Å². The van der Waals surface area contributed by atoms with Gasteiger partial charge in [0.25, 0.3) is 0 Å².